The van der Waals surface area contributed by atoms with Crippen LogP contribution in [0.15, 0.2) is 193 Å². The lowest BCUT2D eigenvalue weighted by Crippen LogP contribution is -2.33. The van der Waals surface area contributed by atoms with E-state index in [2.05, 4.69) is 187 Å². The first-order valence-electron chi connectivity index (χ1n) is 20.2. The lowest BCUT2D eigenvalue weighted by molar-refractivity contribution is 0.683. The summed E-state index contributed by atoms with van der Waals surface area (Å²) in [5.74, 6) is 4.15. The summed E-state index contributed by atoms with van der Waals surface area (Å²) < 4.78 is 0. The van der Waals surface area contributed by atoms with Gasteiger partial charge < -0.3 is 9.80 Å². The van der Waals surface area contributed by atoms with E-state index in [-0.39, 0.29) is 29.8 Å². The number of benzene rings is 3. The van der Waals surface area contributed by atoms with E-state index in [4.69, 9.17) is 16.4 Å². The second-order valence-corrected chi connectivity index (χ2v) is 15.5. The first-order chi connectivity index (χ1) is 28.2. The normalized spacial score (nSPS) is 24.1. The van der Waals surface area contributed by atoms with Gasteiger partial charge in [-0.3, -0.25) is 0 Å². The van der Waals surface area contributed by atoms with Crippen LogP contribution >= 0.6 is 0 Å². The summed E-state index contributed by atoms with van der Waals surface area (Å²) in [5, 5.41) is 0. The molecule has 0 saturated carbocycles. The van der Waals surface area contributed by atoms with Crippen molar-refractivity contribution < 1.29 is 0 Å². The minimum Gasteiger partial charge on any atom is -0.337 e. The van der Waals surface area contributed by atoms with Crippen molar-refractivity contribution in [2.75, 3.05) is 9.80 Å². The van der Waals surface area contributed by atoms with Crippen molar-refractivity contribution in [3.63, 3.8) is 0 Å². The van der Waals surface area contributed by atoms with Crippen molar-refractivity contribution >= 4 is 22.6 Å². The average molecular weight is 737 g/mol. The van der Waals surface area contributed by atoms with Gasteiger partial charge in [0.15, 0.2) is 5.82 Å². The van der Waals surface area contributed by atoms with Gasteiger partial charge in [-0.2, -0.15) is 0 Å². The highest BCUT2D eigenvalue weighted by molar-refractivity contribution is 5.84. The average Bonchev–Trinajstić information content (AvgIpc) is 3.77. The molecule has 5 unspecified atom stereocenters. The van der Waals surface area contributed by atoms with Crippen LogP contribution in [0.25, 0.3) is 28.2 Å². The van der Waals surface area contributed by atoms with Gasteiger partial charge in [-0.25, -0.2) is 9.97 Å². The smallest absolute Gasteiger partial charge is 0.160 e. The third-order valence-electron chi connectivity index (χ3n) is 12.3. The van der Waals surface area contributed by atoms with Crippen LogP contribution in [0.1, 0.15) is 43.4 Å². The Morgan fingerprint density at radius 2 is 1.46 bits per heavy atom. The number of allylic oxidation sites excluding steroid dienone is 15. The molecule has 57 heavy (non-hydrogen) atoms. The fraction of sp³-hybridized carbons (Fsp3) is 0.170. The van der Waals surface area contributed by atoms with Crippen molar-refractivity contribution in [2.24, 2.45) is 11.8 Å². The van der Waals surface area contributed by atoms with E-state index >= 15 is 0 Å². The summed E-state index contributed by atoms with van der Waals surface area (Å²) in [5.41, 5.74) is 13.8. The van der Waals surface area contributed by atoms with Crippen LogP contribution in [0.2, 0.25) is 0 Å². The van der Waals surface area contributed by atoms with Crippen molar-refractivity contribution in [3.8, 4) is 35.0 Å². The topological polar surface area (TPSA) is 32.3 Å². The Balaban J connectivity index is 1.19. The highest BCUT2D eigenvalue weighted by Gasteiger charge is 2.40. The van der Waals surface area contributed by atoms with Gasteiger partial charge in [0, 0.05) is 51.6 Å². The van der Waals surface area contributed by atoms with Crippen LogP contribution < -0.4 is 9.80 Å². The molecule has 3 aromatic carbocycles. The number of nitrogens with zero attached hydrogens (tertiary/aromatic N) is 4. The zero-order valence-corrected chi connectivity index (χ0v) is 32.1. The molecular weight excluding hydrogens is 693 g/mol. The van der Waals surface area contributed by atoms with E-state index in [0.717, 1.165) is 59.0 Å². The summed E-state index contributed by atoms with van der Waals surface area (Å²) in [6.07, 6.45) is 44.6. The predicted octanol–water partition coefficient (Wildman–Crippen LogP) is 12.2. The van der Waals surface area contributed by atoms with Gasteiger partial charge in [-0.1, -0.05) is 140 Å². The van der Waals surface area contributed by atoms with E-state index in [1.165, 1.54) is 33.7 Å². The molecule has 276 valence electrons. The van der Waals surface area contributed by atoms with E-state index in [9.17, 15) is 0 Å². The second kappa shape index (κ2) is 14.8. The Bertz CT molecular complexity index is 2620. The number of para-hydroxylation sites is 1. The molecule has 0 spiro atoms. The first-order valence-corrected chi connectivity index (χ1v) is 20.2. The molecule has 2 aliphatic heterocycles. The van der Waals surface area contributed by atoms with Crippen LogP contribution in [0, 0.1) is 24.2 Å². The maximum absolute atomic E-state index is 5.76. The van der Waals surface area contributed by atoms with Crippen LogP contribution in [0.4, 0.5) is 17.1 Å². The third-order valence-corrected chi connectivity index (χ3v) is 12.3. The zero-order chi connectivity index (χ0) is 38.3. The third kappa shape index (κ3) is 6.21. The second-order valence-electron chi connectivity index (χ2n) is 15.5. The minimum absolute atomic E-state index is 0.115. The molecule has 3 heterocycles. The van der Waals surface area contributed by atoms with Crippen LogP contribution in [-0.2, 0) is 0 Å². The molecule has 4 aliphatic carbocycles. The Morgan fingerprint density at radius 3 is 2.26 bits per heavy atom. The quantitative estimate of drug-likeness (QED) is 0.177. The van der Waals surface area contributed by atoms with Gasteiger partial charge in [0.1, 0.15) is 0 Å². The number of rotatable bonds is 7. The SMILES string of the molecule is C#C/C=C\C1=C(C)N(c2cc(-c3cc(C4=CC=CCC4C4=CCCC=C4)nc(-c4ccccc4)n3)cc(N3c4ccccc4C4C=CC=CC43)c2)C2C=CC=CC12. The molecule has 5 atom stereocenters. The summed E-state index contributed by atoms with van der Waals surface area (Å²) in [6, 6.07) is 28.8. The molecule has 4 nitrogen and oxygen atoms in total. The molecule has 0 amide bonds. The Hall–Kier alpha value is -6.70. The molecular formula is C53H44N4. The van der Waals surface area contributed by atoms with Crippen LogP contribution in [0.3, 0.4) is 0 Å². The van der Waals surface area contributed by atoms with Crippen molar-refractivity contribution in [3.05, 3.63) is 204 Å². The molecule has 0 saturated heterocycles. The Kier molecular flexibility index (Phi) is 9.00. The molecule has 0 N–H and O–H groups in total. The van der Waals surface area contributed by atoms with E-state index in [1.807, 2.05) is 12.1 Å². The van der Waals surface area contributed by atoms with Crippen molar-refractivity contribution in [1.29, 1.82) is 0 Å². The van der Waals surface area contributed by atoms with Gasteiger partial charge in [-0.05, 0) is 91.0 Å². The molecule has 4 aromatic rings. The Morgan fingerprint density at radius 1 is 0.719 bits per heavy atom. The summed E-state index contributed by atoms with van der Waals surface area (Å²) in [4.78, 5) is 15.8. The fourth-order valence-electron chi connectivity index (χ4n) is 9.64. The van der Waals surface area contributed by atoms with E-state index < -0.39 is 0 Å². The number of terminal acetylenes is 1. The molecule has 0 fully saturated rings. The number of fused-ring (bicyclic) bond motifs is 4. The lowest BCUT2D eigenvalue weighted by atomic mass is 9.81. The number of hydrogen-bond donors (Lipinski definition) is 0. The van der Waals surface area contributed by atoms with E-state index in [1.54, 1.807) is 0 Å². The van der Waals surface area contributed by atoms with Crippen molar-refractivity contribution in [1.82, 2.24) is 9.97 Å². The largest absolute Gasteiger partial charge is 0.337 e. The van der Waals surface area contributed by atoms with Gasteiger partial charge in [-0.15, -0.1) is 6.42 Å². The summed E-state index contributed by atoms with van der Waals surface area (Å²) in [7, 11) is 0. The highest BCUT2D eigenvalue weighted by Crippen LogP contribution is 2.50. The fourth-order valence-corrected chi connectivity index (χ4v) is 9.64. The summed E-state index contributed by atoms with van der Waals surface area (Å²) >= 11 is 0. The molecule has 0 radical (unpaired) electrons. The van der Waals surface area contributed by atoms with Gasteiger partial charge in [0.25, 0.3) is 0 Å². The number of anilines is 3. The first kappa shape index (κ1) is 34.8. The molecule has 4 heteroatoms. The van der Waals surface area contributed by atoms with Gasteiger partial charge >= 0.3 is 0 Å². The monoisotopic (exact) mass is 736 g/mol. The van der Waals surface area contributed by atoms with Crippen LogP contribution in [0.5, 0.6) is 0 Å². The Labute approximate surface area is 336 Å². The van der Waals surface area contributed by atoms with Crippen LogP contribution in [-0.4, -0.2) is 22.1 Å². The predicted molar refractivity (Wildman–Crippen MR) is 237 cm³/mol. The minimum atomic E-state index is 0.115. The van der Waals surface area contributed by atoms with Gasteiger partial charge in [0.2, 0.25) is 0 Å². The van der Waals surface area contributed by atoms with E-state index in [0.29, 0.717) is 0 Å². The molecule has 10 rings (SSSR count). The molecule has 0 bridgehead atoms. The standard InChI is InChI=1S/C53H44N4/c1-3-4-23-42-36(2)56(50-29-16-13-26-45(42)50)40-32-39(33-41(34-40)57-51-30-17-14-27-46(51)47-28-15-18-31-52(47)57)48-35-49(55-53(54-48)38-21-9-6-10-22-38)44-25-12-11-24-43(44)37-19-7-5-8-20-37/h1,4,6-7,9-23,25-35,43,45-46,50-51H,5,8,24H2,2H3/b23-4-. The maximum atomic E-state index is 5.76. The molecule has 6 aliphatic rings. The maximum Gasteiger partial charge on any atom is 0.160 e. The summed E-state index contributed by atoms with van der Waals surface area (Å²) in [6.45, 7) is 2.23. The lowest BCUT2D eigenvalue weighted by Gasteiger charge is -2.33. The number of aromatic nitrogens is 2. The molecule has 1 aromatic heterocycles. The number of hydrogen-bond acceptors (Lipinski definition) is 4. The highest BCUT2D eigenvalue weighted by atomic mass is 15.2. The van der Waals surface area contributed by atoms with Crippen molar-refractivity contribution in [2.45, 2.75) is 44.2 Å². The van der Waals surface area contributed by atoms with Gasteiger partial charge in [0.05, 0.1) is 23.5 Å². The zero-order valence-electron chi connectivity index (χ0n) is 32.1.